The van der Waals surface area contributed by atoms with Gasteiger partial charge in [0.05, 0.1) is 22.4 Å². The predicted octanol–water partition coefficient (Wildman–Crippen LogP) is 4.28. The van der Waals surface area contributed by atoms with Gasteiger partial charge in [-0.15, -0.1) is 0 Å². The number of anilines is 1. The Morgan fingerprint density at radius 2 is 1.55 bits per heavy atom. The van der Waals surface area contributed by atoms with Gasteiger partial charge in [0.15, 0.2) is 0 Å². The third-order valence-corrected chi connectivity index (χ3v) is 4.07. The van der Waals surface area contributed by atoms with Crippen LogP contribution in [0.3, 0.4) is 0 Å². The molecule has 3 rings (SSSR count). The van der Waals surface area contributed by atoms with E-state index >= 15 is 0 Å². The highest BCUT2D eigenvalue weighted by Gasteiger charge is 2.35. The van der Waals surface area contributed by atoms with Crippen LogP contribution in [0.2, 0.25) is 0 Å². The summed E-state index contributed by atoms with van der Waals surface area (Å²) in [5.41, 5.74) is -0.546. The first-order valence-electron chi connectivity index (χ1n) is 8.60. The number of nitrogens with zero attached hydrogens (tertiary/aromatic N) is 1. The van der Waals surface area contributed by atoms with Crippen LogP contribution in [0.1, 0.15) is 31.8 Å². The first-order valence-corrected chi connectivity index (χ1v) is 8.60. The van der Waals surface area contributed by atoms with Gasteiger partial charge in [0.25, 0.3) is 11.8 Å². The van der Waals surface area contributed by atoms with Crippen LogP contribution in [-0.4, -0.2) is 16.8 Å². The molecular weight excluding hydrogens is 383 g/mol. The number of pyridine rings is 1. The van der Waals surface area contributed by atoms with Gasteiger partial charge < -0.3 is 10.6 Å². The summed E-state index contributed by atoms with van der Waals surface area (Å²) in [6.07, 6.45) is -1.47. The number of hydrogen-bond acceptors (Lipinski definition) is 3. The van der Waals surface area contributed by atoms with E-state index in [-0.39, 0.29) is 17.8 Å². The number of benzene rings is 2. The molecule has 0 fully saturated rings. The molecule has 2 amide bonds. The number of para-hydroxylation sites is 1. The first kappa shape index (κ1) is 20.1. The molecule has 2 N–H and O–H groups in total. The predicted molar refractivity (Wildman–Crippen MR) is 101 cm³/mol. The van der Waals surface area contributed by atoms with Gasteiger partial charge in [0.2, 0.25) is 0 Å². The third kappa shape index (κ3) is 4.98. The minimum absolute atomic E-state index is 0.109. The Bertz CT molecular complexity index is 1020. The van der Waals surface area contributed by atoms with Crippen molar-refractivity contribution in [2.24, 2.45) is 0 Å². The quantitative estimate of drug-likeness (QED) is 0.673. The van der Waals surface area contributed by atoms with Crippen LogP contribution < -0.4 is 10.6 Å². The SMILES string of the molecule is O=C(NCc1cccnc1)c1ccccc1NC(=O)c1ccccc1C(F)(F)F. The second-order valence-electron chi connectivity index (χ2n) is 6.09. The summed E-state index contributed by atoms with van der Waals surface area (Å²) in [7, 11) is 0. The molecule has 0 spiro atoms. The lowest BCUT2D eigenvalue weighted by Crippen LogP contribution is -2.25. The number of hydrogen-bond donors (Lipinski definition) is 2. The van der Waals surface area contributed by atoms with Gasteiger partial charge in [-0.3, -0.25) is 14.6 Å². The van der Waals surface area contributed by atoms with Crippen LogP contribution in [0.15, 0.2) is 73.1 Å². The van der Waals surface area contributed by atoms with E-state index in [0.29, 0.717) is 0 Å². The smallest absolute Gasteiger partial charge is 0.348 e. The summed E-state index contributed by atoms with van der Waals surface area (Å²) < 4.78 is 39.5. The van der Waals surface area contributed by atoms with E-state index in [1.54, 1.807) is 36.7 Å². The van der Waals surface area contributed by atoms with Crippen molar-refractivity contribution >= 4 is 17.5 Å². The van der Waals surface area contributed by atoms with Crippen molar-refractivity contribution in [2.75, 3.05) is 5.32 Å². The average Bonchev–Trinajstić information content (AvgIpc) is 2.72. The molecule has 0 aliphatic carbocycles. The molecule has 148 valence electrons. The molecular formula is C21H16F3N3O2. The number of halogens is 3. The molecule has 0 unspecified atom stereocenters. The van der Waals surface area contributed by atoms with Crippen LogP contribution in [0.25, 0.3) is 0 Å². The highest BCUT2D eigenvalue weighted by molar-refractivity contribution is 6.09. The van der Waals surface area contributed by atoms with Gasteiger partial charge in [0.1, 0.15) is 0 Å². The molecule has 2 aromatic carbocycles. The molecule has 0 bridgehead atoms. The molecule has 29 heavy (non-hydrogen) atoms. The lowest BCUT2D eigenvalue weighted by molar-refractivity contribution is -0.137. The van der Waals surface area contributed by atoms with E-state index in [0.717, 1.165) is 17.7 Å². The summed E-state index contributed by atoms with van der Waals surface area (Å²) in [5.74, 6) is -1.43. The number of amides is 2. The van der Waals surface area contributed by atoms with Gasteiger partial charge in [-0.2, -0.15) is 13.2 Å². The zero-order valence-corrected chi connectivity index (χ0v) is 15.0. The van der Waals surface area contributed by atoms with Crippen LogP contribution in [0.5, 0.6) is 0 Å². The van der Waals surface area contributed by atoms with Crippen molar-refractivity contribution in [1.82, 2.24) is 10.3 Å². The van der Waals surface area contributed by atoms with Crippen molar-refractivity contribution in [3.63, 3.8) is 0 Å². The minimum Gasteiger partial charge on any atom is -0.348 e. The van der Waals surface area contributed by atoms with Gasteiger partial charge in [-0.05, 0) is 35.9 Å². The molecule has 0 aliphatic rings. The summed E-state index contributed by atoms with van der Waals surface area (Å²) in [6, 6.07) is 14.1. The van der Waals surface area contributed by atoms with Crippen LogP contribution >= 0.6 is 0 Å². The van der Waals surface area contributed by atoms with E-state index in [4.69, 9.17) is 0 Å². The van der Waals surface area contributed by atoms with E-state index in [1.165, 1.54) is 24.3 Å². The number of alkyl halides is 3. The molecule has 0 saturated carbocycles. The molecule has 3 aromatic rings. The average molecular weight is 399 g/mol. The Morgan fingerprint density at radius 3 is 2.24 bits per heavy atom. The monoisotopic (exact) mass is 399 g/mol. The molecule has 1 aromatic heterocycles. The summed E-state index contributed by atoms with van der Waals surface area (Å²) in [4.78, 5) is 29.0. The summed E-state index contributed by atoms with van der Waals surface area (Å²) >= 11 is 0. The highest BCUT2D eigenvalue weighted by atomic mass is 19.4. The van der Waals surface area contributed by atoms with E-state index in [9.17, 15) is 22.8 Å². The van der Waals surface area contributed by atoms with E-state index < -0.39 is 29.1 Å². The molecule has 0 aliphatic heterocycles. The number of carbonyl (C=O) groups excluding carboxylic acids is 2. The Balaban J connectivity index is 1.79. The Hall–Kier alpha value is -3.68. The number of rotatable bonds is 5. The lowest BCUT2D eigenvalue weighted by atomic mass is 10.1. The molecule has 0 atom stereocenters. The largest absolute Gasteiger partial charge is 0.417 e. The van der Waals surface area contributed by atoms with Crippen molar-refractivity contribution in [2.45, 2.75) is 12.7 Å². The molecule has 0 radical (unpaired) electrons. The van der Waals surface area contributed by atoms with E-state index in [2.05, 4.69) is 15.6 Å². The molecule has 5 nitrogen and oxygen atoms in total. The topological polar surface area (TPSA) is 71.1 Å². The Morgan fingerprint density at radius 1 is 0.862 bits per heavy atom. The van der Waals surface area contributed by atoms with Gasteiger partial charge >= 0.3 is 6.18 Å². The van der Waals surface area contributed by atoms with Crippen LogP contribution in [0.4, 0.5) is 18.9 Å². The zero-order chi connectivity index (χ0) is 20.9. The molecule has 0 saturated heterocycles. The maximum atomic E-state index is 13.2. The van der Waals surface area contributed by atoms with Gasteiger partial charge in [-0.25, -0.2) is 0 Å². The fourth-order valence-electron chi connectivity index (χ4n) is 2.69. The van der Waals surface area contributed by atoms with Crippen molar-refractivity contribution in [1.29, 1.82) is 0 Å². The number of aromatic nitrogens is 1. The zero-order valence-electron chi connectivity index (χ0n) is 15.0. The lowest BCUT2D eigenvalue weighted by Gasteiger charge is -2.14. The molecule has 8 heteroatoms. The van der Waals surface area contributed by atoms with Crippen molar-refractivity contribution < 1.29 is 22.8 Å². The second kappa shape index (κ2) is 8.55. The fourth-order valence-corrected chi connectivity index (χ4v) is 2.69. The Kier molecular flexibility index (Phi) is 5.92. The van der Waals surface area contributed by atoms with Gasteiger partial charge in [-0.1, -0.05) is 30.3 Å². The third-order valence-electron chi connectivity index (χ3n) is 4.07. The molecule has 1 heterocycles. The second-order valence-corrected chi connectivity index (χ2v) is 6.09. The van der Waals surface area contributed by atoms with Crippen LogP contribution in [-0.2, 0) is 12.7 Å². The van der Waals surface area contributed by atoms with E-state index in [1.807, 2.05) is 0 Å². The van der Waals surface area contributed by atoms with Gasteiger partial charge in [0, 0.05) is 18.9 Å². The number of carbonyl (C=O) groups is 2. The first-order chi connectivity index (χ1) is 13.9. The highest BCUT2D eigenvalue weighted by Crippen LogP contribution is 2.32. The maximum Gasteiger partial charge on any atom is 0.417 e. The summed E-state index contributed by atoms with van der Waals surface area (Å²) in [5, 5.41) is 5.10. The normalized spacial score (nSPS) is 11.0. The summed E-state index contributed by atoms with van der Waals surface area (Å²) in [6.45, 7) is 0.214. The van der Waals surface area contributed by atoms with Crippen LogP contribution in [0, 0.1) is 0 Å². The standard InChI is InChI=1S/C21H16F3N3O2/c22-21(23,24)17-9-3-1-7-15(17)20(29)27-18-10-4-2-8-16(18)19(28)26-13-14-6-5-11-25-12-14/h1-12H,13H2,(H,26,28)(H,27,29). The van der Waals surface area contributed by atoms with Crippen molar-refractivity contribution in [3.8, 4) is 0 Å². The minimum atomic E-state index is -4.67. The Labute approximate surface area is 164 Å². The van der Waals surface area contributed by atoms with Crippen molar-refractivity contribution in [3.05, 3.63) is 95.3 Å². The number of nitrogens with one attached hydrogen (secondary N) is 2. The maximum absolute atomic E-state index is 13.2. The fraction of sp³-hybridized carbons (Fsp3) is 0.0952.